The van der Waals surface area contributed by atoms with Crippen LogP contribution >= 0.6 is 11.8 Å². The summed E-state index contributed by atoms with van der Waals surface area (Å²) in [6.45, 7) is 2.63. The number of fused-ring (bicyclic) bond motifs is 1. The van der Waals surface area contributed by atoms with Gasteiger partial charge in [-0.25, -0.2) is 0 Å². The summed E-state index contributed by atoms with van der Waals surface area (Å²) >= 11 is 1.67. The smallest absolute Gasteiger partial charge is 0.233 e. The Hall–Kier alpha value is -1.72. The van der Waals surface area contributed by atoms with Gasteiger partial charge in [-0.2, -0.15) is 0 Å². The zero-order valence-electron chi connectivity index (χ0n) is 13.7. The second kappa shape index (κ2) is 6.81. The van der Waals surface area contributed by atoms with E-state index in [4.69, 9.17) is 4.42 Å². The predicted molar refractivity (Wildman–Crippen MR) is 92.7 cm³/mol. The number of hydrogen-bond donors (Lipinski definition) is 1. The number of likely N-dealkylation sites (N-methyl/N-ethyl adjacent to an activating group) is 1. The van der Waals surface area contributed by atoms with E-state index in [9.17, 15) is 4.79 Å². The van der Waals surface area contributed by atoms with Crippen molar-refractivity contribution in [1.29, 1.82) is 0 Å². The third-order valence-corrected chi connectivity index (χ3v) is 5.45. The topological polar surface area (TPSA) is 45.5 Å². The molecule has 0 saturated heterocycles. The van der Waals surface area contributed by atoms with Crippen molar-refractivity contribution in [3.8, 4) is 0 Å². The molecule has 0 bridgehead atoms. The van der Waals surface area contributed by atoms with Crippen molar-refractivity contribution in [3.63, 3.8) is 0 Å². The molecule has 1 aliphatic rings. The average molecular weight is 330 g/mol. The molecule has 0 fully saturated rings. The number of nitrogens with one attached hydrogen (secondary N) is 1. The molecule has 1 amide bonds. The van der Waals surface area contributed by atoms with Crippen molar-refractivity contribution in [3.05, 3.63) is 53.5 Å². The number of rotatable bonds is 5. The van der Waals surface area contributed by atoms with Gasteiger partial charge in [0.15, 0.2) is 0 Å². The number of carbonyl (C=O) groups is 1. The third kappa shape index (κ3) is 3.62. The molecule has 1 aliphatic heterocycles. The first-order valence-electron chi connectivity index (χ1n) is 7.78. The lowest BCUT2D eigenvalue weighted by atomic mass is 10.1. The van der Waals surface area contributed by atoms with Gasteiger partial charge >= 0.3 is 0 Å². The number of carbonyl (C=O) groups excluding carboxylic acids is 1. The van der Waals surface area contributed by atoms with Gasteiger partial charge in [0.1, 0.15) is 5.76 Å². The Labute approximate surface area is 141 Å². The summed E-state index contributed by atoms with van der Waals surface area (Å²) in [7, 11) is 3.98. The summed E-state index contributed by atoms with van der Waals surface area (Å²) in [6.07, 6.45) is 2.47. The van der Waals surface area contributed by atoms with Crippen LogP contribution in [0, 0.1) is 6.92 Å². The first-order chi connectivity index (χ1) is 11.0. The van der Waals surface area contributed by atoms with E-state index in [-0.39, 0.29) is 17.2 Å². The fourth-order valence-corrected chi connectivity index (χ4v) is 4.13. The van der Waals surface area contributed by atoms with Gasteiger partial charge in [0.2, 0.25) is 5.91 Å². The van der Waals surface area contributed by atoms with Gasteiger partial charge < -0.3 is 9.73 Å². The second-order valence-corrected chi connectivity index (χ2v) is 7.41. The second-order valence-electron chi connectivity index (χ2n) is 6.16. The van der Waals surface area contributed by atoms with Crippen LogP contribution in [0.4, 0.5) is 0 Å². The minimum atomic E-state index is -0.0359. The summed E-state index contributed by atoms with van der Waals surface area (Å²) < 4.78 is 5.48. The van der Waals surface area contributed by atoms with Crippen LogP contribution in [0.1, 0.15) is 22.9 Å². The molecular weight excluding hydrogens is 308 g/mol. The average Bonchev–Trinajstić information content (AvgIpc) is 3.15. The standard InChI is InChI=1S/C18H22N2O2S/c1-12-6-7-13-10-17(23-16(13)9-12)18(21)19-11-14(20(2)3)15-5-4-8-22-15/h4-9,14,17H,10-11H2,1-3H3,(H,19,21)/t14-,17-/m0/s1. The van der Waals surface area contributed by atoms with Crippen LogP contribution in [0.5, 0.6) is 0 Å². The maximum Gasteiger partial charge on any atom is 0.233 e. The van der Waals surface area contributed by atoms with E-state index in [1.54, 1.807) is 18.0 Å². The molecule has 5 heteroatoms. The Balaban J connectivity index is 1.60. The van der Waals surface area contributed by atoms with Crippen molar-refractivity contribution >= 4 is 17.7 Å². The van der Waals surface area contributed by atoms with Crippen molar-refractivity contribution in [2.24, 2.45) is 0 Å². The highest BCUT2D eigenvalue weighted by Crippen LogP contribution is 2.37. The molecule has 0 radical (unpaired) electrons. The minimum Gasteiger partial charge on any atom is -0.468 e. The zero-order chi connectivity index (χ0) is 16.4. The third-order valence-electron chi connectivity index (χ3n) is 4.15. The van der Waals surface area contributed by atoms with E-state index in [1.807, 2.05) is 26.2 Å². The lowest BCUT2D eigenvalue weighted by molar-refractivity contribution is -0.120. The van der Waals surface area contributed by atoms with E-state index in [0.717, 1.165) is 12.2 Å². The van der Waals surface area contributed by atoms with Crippen molar-refractivity contribution in [2.45, 2.75) is 29.5 Å². The van der Waals surface area contributed by atoms with Crippen molar-refractivity contribution in [2.75, 3.05) is 20.6 Å². The van der Waals surface area contributed by atoms with Crippen molar-refractivity contribution in [1.82, 2.24) is 10.2 Å². The number of aryl methyl sites for hydroxylation is 1. The zero-order valence-corrected chi connectivity index (χ0v) is 14.5. The molecular formula is C18H22N2O2S. The largest absolute Gasteiger partial charge is 0.468 e. The van der Waals surface area contributed by atoms with Crippen LogP contribution in [0.25, 0.3) is 0 Å². The highest BCUT2D eigenvalue weighted by Gasteiger charge is 2.29. The number of amides is 1. The molecule has 23 heavy (non-hydrogen) atoms. The van der Waals surface area contributed by atoms with E-state index >= 15 is 0 Å². The molecule has 1 aromatic heterocycles. The van der Waals surface area contributed by atoms with Crippen LogP contribution in [0.15, 0.2) is 45.9 Å². The van der Waals surface area contributed by atoms with Gasteiger partial charge in [-0.15, -0.1) is 11.8 Å². The number of hydrogen-bond acceptors (Lipinski definition) is 4. The summed E-state index contributed by atoms with van der Waals surface area (Å²) in [5, 5.41) is 3.05. The summed E-state index contributed by atoms with van der Waals surface area (Å²) in [5.74, 6) is 0.968. The fraction of sp³-hybridized carbons (Fsp3) is 0.389. The Morgan fingerprint density at radius 2 is 2.26 bits per heavy atom. The first-order valence-corrected chi connectivity index (χ1v) is 8.66. The van der Waals surface area contributed by atoms with E-state index in [2.05, 4.69) is 35.3 Å². The van der Waals surface area contributed by atoms with Crippen molar-refractivity contribution < 1.29 is 9.21 Å². The quantitative estimate of drug-likeness (QED) is 0.915. The van der Waals surface area contributed by atoms with E-state index < -0.39 is 0 Å². The predicted octanol–water partition coefficient (Wildman–Crippen LogP) is 3.02. The number of benzene rings is 1. The fourth-order valence-electron chi connectivity index (χ4n) is 2.81. The molecule has 122 valence electrons. The van der Waals surface area contributed by atoms with Gasteiger partial charge in [-0.3, -0.25) is 9.69 Å². The Morgan fingerprint density at radius 3 is 2.96 bits per heavy atom. The molecule has 0 aliphatic carbocycles. The highest BCUT2D eigenvalue weighted by molar-refractivity contribution is 8.01. The maximum absolute atomic E-state index is 12.5. The molecule has 0 spiro atoms. The van der Waals surface area contributed by atoms with Gasteiger partial charge in [0.25, 0.3) is 0 Å². The summed E-state index contributed by atoms with van der Waals surface area (Å²) in [4.78, 5) is 15.8. The molecule has 0 unspecified atom stereocenters. The summed E-state index contributed by atoms with van der Waals surface area (Å²) in [6, 6.07) is 10.3. The normalized spacial score (nSPS) is 18.0. The molecule has 1 aromatic carbocycles. The molecule has 0 saturated carbocycles. The minimum absolute atomic E-state index is 0.0359. The number of thioether (sulfide) groups is 1. The van der Waals surface area contributed by atoms with Gasteiger partial charge in [0, 0.05) is 11.4 Å². The Kier molecular flexibility index (Phi) is 4.78. The molecule has 2 atom stereocenters. The molecule has 1 N–H and O–H groups in total. The molecule has 2 heterocycles. The lowest BCUT2D eigenvalue weighted by Crippen LogP contribution is -2.38. The number of furan rings is 1. The van der Waals surface area contributed by atoms with Crippen LogP contribution in [-0.4, -0.2) is 36.7 Å². The SMILES string of the molecule is Cc1ccc2c(c1)S[C@H](C(=O)NC[C@@H](c1ccco1)N(C)C)C2. The monoisotopic (exact) mass is 330 g/mol. The van der Waals surface area contributed by atoms with Crippen LogP contribution in [0.2, 0.25) is 0 Å². The molecule has 4 nitrogen and oxygen atoms in total. The summed E-state index contributed by atoms with van der Waals surface area (Å²) in [5.41, 5.74) is 2.51. The van der Waals surface area contributed by atoms with E-state index in [0.29, 0.717) is 6.54 Å². The highest BCUT2D eigenvalue weighted by atomic mass is 32.2. The lowest BCUT2D eigenvalue weighted by Gasteiger charge is -2.23. The molecule has 2 aromatic rings. The van der Waals surface area contributed by atoms with E-state index in [1.165, 1.54) is 16.0 Å². The van der Waals surface area contributed by atoms with Gasteiger partial charge in [-0.1, -0.05) is 17.7 Å². The van der Waals surface area contributed by atoms with Gasteiger partial charge in [0.05, 0.1) is 17.6 Å². The Morgan fingerprint density at radius 1 is 1.43 bits per heavy atom. The maximum atomic E-state index is 12.5. The molecule has 3 rings (SSSR count). The van der Waals surface area contributed by atoms with Crippen LogP contribution < -0.4 is 5.32 Å². The van der Waals surface area contributed by atoms with Crippen LogP contribution in [-0.2, 0) is 11.2 Å². The van der Waals surface area contributed by atoms with Crippen LogP contribution in [0.3, 0.4) is 0 Å². The number of nitrogens with zero attached hydrogens (tertiary/aromatic N) is 1. The Bertz CT molecular complexity index is 682. The first kappa shape index (κ1) is 16.1. The van der Waals surface area contributed by atoms with Gasteiger partial charge in [-0.05, 0) is 51.2 Å².